The molecule has 0 radical (unpaired) electrons. The summed E-state index contributed by atoms with van der Waals surface area (Å²) >= 11 is 0. The van der Waals surface area contributed by atoms with Gasteiger partial charge in [0.25, 0.3) is 0 Å². The van der Waals surface area contributed by atoms with Crippen molar-refractivity contribution in [3.8, 4) is 0 Å². The Labute approximate surface area is 76.2 Å². The van der Waals surface area contributed by atoms with Gasteiger partial charge in [-0.15, -0.1) is 13.2 Å². The Morgan fingerprint density at radius 1 is 1.23 bits per heavy atom. The van der Waals surface area contributed by atoms with Crippen molar-refractivity contribution in [1.29, 1.82) is 0 Å². The zero-order chi connectivity index (χ0) is 10.7. The maximum Gasteiger partial charge on any atom is 0.497 e. The third-order valence-corrected chi connectivity index (χ3v) is 1.16. The van der Waals surface area contributed by atoms with E-state index < -0.39 is 6.30 Å². The van der Waals surface area contributed by atoms with Crippen LogP contribution in [0.25, 0.3) is 0 Å². The molecular weight excluding hydrogens is 181 g/mol. The average molecular weight is 196 g/mol. The average Bonchev–Trinajstić information content (AvgIpc) is 1.78. The molecule has 0 aromatic carbocycles. The molecule has 0 aromatic heterocycles. The Balaban J connectivity index is 4.05. The molecule has 0 aliphatic rings. The van der Waals surface area contributed by atoms with E-state index in [0.717, 1.165) is 5.43 Å². The molecule has 78 valence electrons. The lowest BCUT2D eigenvalue weighted by Crippen LogP contribution is -2.28. The summed E-state index contributed by atoms with van der Waals surface area (Å²) in [6.07, 6.45) is -3.89. The fourth-order valence-corrected chi connectivity index (χ4v) is 0.966. The van der Waals surface area contributed by atoms with Gasteiger partial charge >= 0.3 is 6.30 Å². The van der Waals surface area contributed by atoms with Gasteiger partial charge < -0.3 is 0 Å². The van der Waals surface area contributed by atoms with Crippen molar-refractivity contribution in [3.05, 3.63) is 0 Å². The molecule has 0 aromatic rings. The van der Waals surface area contributed by atoms with Crippen LogP contribution in [0.4, 0.5) is 13.2 Å². The molecule has 0 unspecified atom stereocenters. The van der Waals surface area contributed by atoms with Crippen LogP contribution >= 0.6 is 0 Å². The summed E-state index contributed by atoms with van der Waals surface area (Å²) in [6, 6.07) is 0. The number of nitrogens with zero attached hydrogens (tertiary/aromatic N) is 1. The number of alkyl halides is 3. The van der Waals surface area contributed by atoms with Crippen molar-refractivity contribution in [2.45, 2.75) is 40.4 Å². The number of hydrogen-bond donors (Lipinski definition) is 1. The van der Waals surface area contributed by atoms with Crippen molar-refractivity contribution < 1.29 is 13.2 Å². The molecule has 0 rings (SSSR count). The molecule has 5 heteroatoms. The highest BCUT2D eigenvalue weighted by molar-refractivity contribution is 5.82. The Morgan fingerprint density at radius 3 is 2.00 bits per heavy atom. The third kappa shape index (κ3) is 9.17. The van der Waals surface area contributed by atoms with Gasteiger partial charge in [0.1, 0.15) is 0 Å². The van der Waals surface area contributed by atoms with E-state index in [0.29, 0.717) is 12.1 Å². The van der Waals surface area contributed by atoms with E-state index in [9.17, 15) is 13.2 Å². The summed E-state index contributed by atoms with van der Waals surface area (Å²) in [5.41, 5.74) is 1.54. The maximum absolute atomic E-state index is 11.6. The van der Waals surface area contributed by atoms with E-state index in [1.165, 1.54) is 0 Å². The van der Waals surface area contributed by atoms with E-state index in [1.807, 2.05) is 20.8 Å². The minimum atomic E-state index is -4.43. The first kappa shape index (κ1) is 12.3. The van der Waals surface area contributed by atoms with Gasteiger partial charge in [0, 0.05) is 5.71 Å². The molecule has 0 saturated heterocycles. The van der Waals surface area contributed by atoms with Crippen molar-refractivity contribution in [2.75, 3.05) is 0 Å². The predicted molar refractivity (Wildman–Crippen MR) is 46.4 cm³/mol. The topological polar surface area (TPSA) is 24.4 Å². The normalized spacial score (nSPS) is 14.5. The lowest BCUT2D eigenvalue weighted by molar-refractivity contribution is -0.156. The van der Waals surface area contributed by atoms with Gasteiger partial charge in [-0.05, 0) is 18.8 Å². The molecule has 0 aliphatic carbocycles. The summed E-state index contributed by atoms with van der Waals surface area (Å²) in [6.45, 7) is 7.41. The number of hydrogen-bond acceptors (Lipinski definition) is 2. The Morgan fingerprint density at radius 2 is 1.69 bits per heavy atom. The van der Waals surface area contributed by atoms with Crippen LogP contribution < -0.4 is 5.43 Å². The molecule has 0 bridgehead atoms. The fourth-order valence-electron chi connectivity index (χ4n) is 0.966. The van der Waals surface area contributed by atoms with Crippen LogP contribution in [0.1, 0.15) is 34.1 Å². The summed E-state index contributed by atoms with van der Waals surface area (Å²) in [4.78, 5) is 0. The molecule has 0 atom stereocenters. The molecule has 0 fully saturated rings. The minimum absolute atomic E-state index is 0.0408. The number of rotatable bonds is 2. The monoisotopic (exact) mass is 196 g/mol. The predicted octanol–water partition coefficient (Wildman–Crippen LogP) is 2.91. The zero-order valence-corrected chi connectivity index (χ0v) is 8.29. The van der Waals surface area contributed by atoms with Gasteiger partial charge in [-0.1, -0.05) is 20.8 Å². The number of halogens is 3. The van der Waals surface area contributed by atoms with Crippen LogP contribution in [0, 0.1) is 5.41 Å². The molecule has 0 spiro atoms. The lowest BCUT2D eigenvalue weighted by Gasteiger charge is -2.17. The molecule has 0 aliphatic heterocycles. The molecule has 13 heavy (non-hydrogen) atoms. The van der Waals surface area contributed by atoms with Crippen LogP contribution in [0.15, 0.2) is 5.10 Å². The highest BCUT2D eigenvalue weighted by Crippen LogP contribution is 2.19. The molecule has 0 saturated carbocycles. The van der Waals surface area contributed by atoms with Crippen molar-refractivity contribution in [3.63, 3.8) is 0 Å². The Bertz CT molecular complexity index is 189. The second-order valence-corrected chi connectivity index (χ2v) is 4.19. The van der Waals surface area contributed by atoms with E-state index in [4.69, 9.17) is 0 Å². The minimum Gasteiger partial charge on any atom is -0.218 e. The third-order valence-electron chi connectivity index (χ3n) is 1.16. The zero-order valence-electron chi connectivity index (χ0n) is 8.29. The van der Waals surface area contributed by atoms with Gasteiger partial charge in [0.05, 0.1) is 0 Å². The lowest BCUT2D eigenvalue weighted by atomic mass is 9.90. The smallest absolute Gasteiger partial charge is 0.218 e. The van der Waals surface area contributed by atoms with Crippen LogP contribution in [-0.4, -0.2) is 12.0 Å². The number of nitrogens with one attached hydrogen (secondary N) is 1. The van der Waals surface area contributed by atoms with E-state index in [2.05, 4.69) is 5.10 Å². The first-order valence-electron chi connectivity index (χ1n) is 3.97. The van der Waals surface area contributed by atoms with Crippen molar-refractivity contribution in [1.82, 2.24) is 5.43 Å². The van der Waals surface area contributed by atoms with Gasteiger partial charge in [0.15, 0.2) is 0 Å². The maximum atomic E-state index is 11.6. The van der Waals surface area contributed by atoms with Crippen molar-refractivity contribution in [2.24, 2.45) is 10.5 Å². The quantitative estimate of drug-likeness (QED) is 0.410. The summed E-state index contributed by atoms with van der Waals surface area (Å²) in [5.74, 6) is 0. The first-order valence-corrected chi connectivity index (χ1v) is 3.97. The fraction of sp³-hybridized carbons (Fsp3) is 0.875. The van der Waals surface area contributed by atoms with Gasteiger partial charge in [-0.25, -0.2) is 5.43 Å². The molecule has 0 heterocycles. The Hall–Kier alpha value is -0.740. The molecule has 1 N–H and O–H groups in total. The summed E-state index contributed by atoms with van der Waals surface area (Å²) in [7, 11) is 0. The molecular formula is C8H15F3N2. The van der Waals surface area contributed by atoms with Crippen LogP contribution in [0.2, 0.25) is 0 Å². The standard InChI is InChI=1S/C8H15F3N2/c1-6(5-7(2,3)4)12-13-8(9,10)11/h13H,5H2,1-4H3. The van der Waals surface area contributed by atoms with Crippen LogP contribution in [0.3, 0.4) is 0 Å². The second-order valence-electron chi connectivity index (χ2n) is 4.19. The largest absolute Gasteiger partial charge is 0.497 e. The van der Waals surface area contributed by atoms with Crippen molar-refractivity contribution >= 4 is 5.71 Å². The summed E-state index contributed by atoms with van der Waals surface area (Å²) in [5, 5.41) is 3.22. The highest BCUT2D eigenvalue weighted by atomic mass is 19.4. The van der Waals surface area contributed by atoms with E-state index in [-0.39, 0.29) is 5.41 Å². The number of hydrazone groups is 1. The van der Waals surface area contributed by atoms with Gasteiger partial charge in [0.2, 0.25) is 0 Å². The van der Waals surface area contributed by atoms with Gasteiger partial charge in [-0.2, -0.15) is 5.10 Å². The SMILES string of the molecule is CC(CC(C)(C)C)=NNC(F)(F)F. The van der Waals surface area contributed by atoms with Gasteiger partial charge in [-0.3, -0.25) is 0 Å². The molecule has 0 amide bonds. The summed E-state index contributed by atoms with van der Waals surface area (Å²) < 4.78 is 34.9. The first-order chi connectivity index (χ1) is 5.60. The van der Waals surface area contributed by atoms with Crippen LogP contribution in [-0.2, 0) is 0 Å². The van der Waals surface area contributed by atoms with Crippen LogP contribution in [0.5, 0.6) is 0 Å². The molecule has 2 nitrogen and oxygen atoms in total. The van der Waals surface area contributed by atoms with E-state index in [1.54, 1.807) is 6.92 Å². The highest BCUT2D eigenvalue weighted by Gasteiger charge is 2.26. The Kier molecular flexibility index (Phi) is 3.75. The van der Waals surface area contributed by atoms with E-state index >= 15 is 0 Å². The second kappa shape index (κ2) is 3.98.